The highest BCUT2D eigenvalue weighted by molar-refractivity contribution is 5.75. The number of esters is 1. The lowest BCUT2D eigenvalue weighted by Crippen LogP contribution is -2.28. The zero-order valence-electron chi connectivity index (χ0n) is 9.26. The number of likely N-dealkylation sites (N-methyl/N-ethyl adjacent to an activating group) is 1. The SMILES string of the molecule is CCC(C)(C)C(=O)OCC(C)[N-]C. The molecule has 0 bridgehead atoms. The summed E-state index contributed by atoms with van der Waals surface area (Å²) in [6, 6.07) is 0.0941. The van der Waals surface area contributed by atoms with Crippen LogP contribution in [-0.4, -0.2) is 25.7 Å². The van der Waals surface area contributed by atoms with Gasteiger partial charge in [0.15, 0.2) is 0 Å². The van der Waals surface area contributed by atoms with Crippen LogP contribution in [0.3, 0.4) is 0 Å². The van der Waals surface area contributed by atoms with Crippen LogP contribution in [0.4, 0.5) is 0 Å². The first-order valence-electron chi connectivity index (χ1n) is 4.70. The van der Waals surface area contributed by atoms with Crippen molar-refractivity contribution in [1.29, 1.82) is 0 Å². The molecule has 3 nitrogen and oxygen atoms in total. The van der Waals surface area contributed by atoms with Crippen LogP contribution in [0.25, 0.3) is 5.32 Å². The third-order valence-electron chi connectivity index (χ3n) is 2.33. The van der Waals surface area contributed by atoms with Gasteiger partial charge in [-0.05, 0) is 20.3 Å². The molecule has 0 rings (SSSR count). The Morgan fingerprint density at radius 3 is 2.46 bits per heavy atom. The first-order chi connectivity index (χ1) is 5.94. The van der Waals surface area contributed by atoms with E-state index in [4.69, 9.17) is 4.74 Å². The predicted molar refractivity (Wildman–Crippen MR) is 53.8 cm³/mol. The summed E-state index contributed by atoms with van der Waals surface area (Å²) in [4.78, 5) is 11.5. The number of ether oxygens (including phenoxy) is 1. The first-order valence-corrected chi connectivity index (χ1v) is 4.70. The smallest absolute Gasteiger partial charge is 0.311 e. The van der Waals surface area contributed by atoms with E-state index < -0.39 is 0 Å². The van der Waals surface area contributed by atoms with Crippen molar-refractivity contribution in [2.75, 3.05) is 13.7 Å². The van der Waals surface area contributed by atoms with Crippen LogP contribution >= 0.6 is 0 Å². The molecule has 13 heavy (non-hydrogen) atoms. The second kappa shape index (κ2) is 5.22. The molecule has 0 aliphatic carbocycles. The van der Waals surface area contributed by atoms with E-state index in [9.17, 15) is 4.79 Å². The molecule has 0 aliphatic heterocycles. The summed E-state index contributed by atoms with van der Waals surface area (Å²) >= 11 is 0. The van der Waals surface area contributed by atoms with Crippen LogP contribution in [0.2, 0.25) is 0 Å². The van der Waals surface area contributed by atoms with Crippen molar-refractivity contribution in [3.05, 3.63) is 5.32 Å². The van der Waals surface area contributed by atoms with Crippen LogP contribution in [-0.2, 0) is 9.53 Å². The summed E-state index contributed by atoms with van der Waals surface area (Å²) in [5, 5.41) is 3.99. The summed E-state index contributed by atoms with van der Waals surface area (Å²) < 4.78 is 5.12. The van der Waals surface area contributed by atoms with Crippen LogP contribution < -0.4 is 0 Å². The average Bonchev–Trinajstić information content (AvgIpc) is 2.13. The fourth-order valence-electron chi connectivity index (χ4n) is 0.611. The Hall–Kier alpha value is -0.570. The zero-order chi connectivity index (χ0) is 10.5. The molecule has 0 saturated heterocycles. The van der Waals surface area contributed by atoms with Gasteiger partial charge in [0.05, 0.1) is 12.0 Å². The molecule has 0 fully saturated rings. The van der Waals surface area contributed by atoms with Crippen molar-refractivity contribution in [2.24, 2.45) is 5.41 Å². The topological polar surface area (TPSA) is 40.4 Å². The summed E-state index contributed by atoms with van der Waals surface area (Å²) in [5.41, 5.74) is -0.368. The van der Waals surface area contributed by atoms with Crippen LogP contribution in [0, 0.1) is 5.41 Å². The summed E-state index contributed by atoms with van der Waals surface area (Å²) in [6.45, 7) is 8.08. The number of carbonyl (C=O) groups is 1. The van der Waals surface area contributed by atoms with Gasteiger partial charge in [0, 0.05) is 0 Å². The standard InChI is InChI=1S/C10H20NO2/c1-6-10(3,4)9(12)13-7-8(2)11-5/h8H,6-7H2,1-5H3/q-1. The van der Waals surface area contributed by atoms with Gasteiger partial charge in [-0.15, -0.1) is 6.04 Å². The van der Waals surface area contributed by atoms with Crippen LogP contribution in [0.1, 0.15) is 34.1 Å². The third-order valence-corrected chi connectivity index (χ3v) is 2.33. The van der Waals surface area contributed by atoms with Crippen molar-refractivity contribution in [3.63, 3.8) is 0 Å². The average molecular weight is 186 g/mol. The van der Waals surface area contributed by atoms with Gasteiger partial charge in [-0.25, -0.2) is 0 Å². The molecule has 0 heterocycles. The molecule has 0 aliphatic rings. The zero-order valence-corrected chi connectivity index (χ0v) is 9.26. The van der Waals surface area contributed by atoms with E-state index >= 15 is 0 Å². The van der Waals surface area contributed by atoms with Crippen LogP contribution in [0.15, 0.2) is 0 Å². The molecule has 0 saturated carbocycles. The minimum Gasteiger partial charge on any atom is -0.660 e. The lowest BCUT2D eigenvalue weighted by Gasteiger charge is -2.26. The van der Waals surface area contributed by atoms with Crippen molar-refractivity contribution < 1.29 is 9.53 Å². The molecule has 1 unspecified atom stereocenters. The number of rotatable bonds is 5. The lowest BCUT2D eigenvalue weighted by molar-refractivity contribution is -0.154. The van der Waals surface area contributed by atoms with Crippen molar-refractivity contribution in [3.8, 4) is 0 Å². The highest BCUT2D eigenvalue weighted by atomic mass is 16.5. The van der Waals surface area contributed by atoms with E-state index in [0.717, 1.165) is 6.42 Å². The van der Waals surface area contributed by atoms with Gasteiger partial charge in [-0.1, -0.05) is 13.8 Å². The quantitative estimate of drug-likeness (QED) is 0.618. The van der Waals surface area contributed by atoms with Crippen molar-refractivity contribution in [2.45, 2.75) is 40.2 Å². The van der Waals surface area contributed by atoms with Gasteiger partial charge in [0.25, 0.3) is 0 Å². The number of hydrogen-bond donors (Lipinski definition) is 0. The normalized spacial score (nSPS) is 13.9. The summed E-state index contributed by atoms with van der Waals surface area (Å²) in [5.74, 6) is -0.134. The molecule has 78 valence electrons. The largest absolute Gasteiger partial charge is 0.660 e. The molecule has 0 amide bonds. The molecule has 3 heteroatoms. The van der Waals surface area contributed by atoms with E-state index in [0.29, 0.717) is 6.61 Å². The molecule has 0 N–H and O–H groups in total. The Balaban J connectivity index is 3.88. The number of nitrogens with zero attached hydrogens (tertiary/aromatic N) is 1. The molecule has 1 atom stereocenters. The Morgan fingerprint density at radius 1 is 1.54 bits per heavy atom. The molecule has 0 aromatic rings. The third kappa shape index (κ3) is 4.27. The van der Waals surface area contributed by atoms with Crippen molar-refractivity contribution in [1.82, 2.24) is 0 Å². The maximum atomic E-state index is 11.5. The Kier molecular flexibility index (Phi) is 4.99. The Bertz CT molecular complexity index is 166. The summed E-state index contributed by atoms with van der Waals surface area (Å²) in [7, 11) is 1.73. The second-order valence-electron chi connectivity index (χ2n) is 3.94. The highest BCUT2D eigenvalue weighted by Crippen LogP contribution is 2.21. The van der Waals surface area contributed by atoms with Gasteiger partial charge in [0.2, 0.25) is 0 Å². The second-order valence-corrected chi connectivity index (χ2v) is 3.94. The van der Waals surface area contributed by atoms with E-state index in [1.54, 1.807) is 7.05 Å². The number of carbonyl (C=O) groups excluding carboxylic acids is 1. The summed E-state index contributed by atoms with van der Waals surface area (Å²) in [6.07, 6.45) is 0.795. The van der Waals surface area contributed by atoms with E-state index in [1.807, 2.05) is 27.7 Å². The van der Waals surface area contributed by atoms with E-state index in [1.165, 1.54) is 0 Å². The molecule has 0 aromatic heterocycles. The minimum atomic E-state index is -0.368. The Labute approximate surface area is 80.8 Å². The van der Waals surface area contributed by atoms with Gasteiger partial charge < -0.3 is 10.1 Å². The predicted octanol–water partition coefficient (Wildman–Crippen LogP) is 2.36. The van der Waals surface area contributed by atoms with Gasteiger partial charge in [-0.3, -0.25) is 4.79 Å². The van der Waals surface area contributed by atoms with Crippen LogP contribution in [0.5, 0.6) is 0 Å². The van der Waals surface area contributed by atoms with Gasteiger partial charge >= 0.3 is 5.97 Å². The molecular formula is C10H20NO2-. The lowest BCUT2D eigenvalue weighted by atomic mass is 9.91. The highest BCUT2D eigenvalue weighted by Gasteiger charge is 2.26. The Morgan fingerprint density at radius 2 is 2.08 bits per heavy atom. The minimum absolute atomic E-state index is 0.0941. The van der Waals surface area contributed by atoms with Gasteiger partial charge in [-0.2, -0.15) is 7.05 Å². The van der Waals surface area contributed by atoms with Gasteiger partial charge in [0.1, 0.15) is 0 Å². The van der Waals surface area contributed by atoms with E-state index in [-0.39, 0.29) is 17.4 Å². The molecule has 0 spiro atoms. The van der Waals surface area contributed by atoms with E-state index in [2.05, 4.69) is 5.32 Å². The molecular weight excluding hydrogens is 166 g/mol. The molecule has 0 aromatic carbocycles. The molecule has 0 radical (unpaired) electrons. The van der Waals surface area contributed by atoms with Crippen molar-refractivity contribution >= 4 is 5.97 Å². The fourth-order valence-corrected chi connectivity index (χ4v) is 0.611. The maximum absolute atomic E-state index is 11.5. The monoisotopic (exact) mass is 186 g/mol. The number of hydrogen-bond acceptors (Lipinski definition) is 2. The first kappa shape index (κ1) is 12.4. The maximum Gasteiger partial charge on any atom is 0.311 e. The fraction of sp³-hybridized carbons (Fsp3) is 0.900.